The van der Waals surface area contributed by atoms with Gasteiger partial charge in [-0.1, -0.05) is 45.0 Å². The van der Waals surface area contributed by atoms with Crippen LogP contribution in [-0.2, 0) is 0 Å². The fraction of sp³-hybridized carbons (Fsp3) is 1.00. The van der Waals surface area contributed by atoms with E-state index in [0.717, 1.165) is 0 Å². The van der Waals surface area contributed by atoms with Gasteiger partial charge in [0.15, 0.2) is 0 Å². The summed E-state index contributed by atoms with van der Waals surface area (Å²) in [6, 6.07) is 0. The Morgan fingerprint density at radius 1 is 1.00 bits per heavy atom. The second-order valence-corrected chi connectivity index (χ2v) is 8.90. The minimum atomic E-state index is -1.21. The zero-order valence-corrected chi connectivity index (χ0v) is 8.37. The predicted molar refractivity (Wildman–Crippen MR) is 45.2 cm³/mol. The van der Waals surface area contributed by atoms with Crippen molar-refractivity contribution in [1.29, 1.82) is 0 Å². The van der Waals surface area contributed by atoms with Crippen LogP contribution in [0.1, 0.15) is 0 Å². The molecule has 0 bridgehead atoms. The summed E-state index contributed by atoms with van der Waals surface area (Å²) in [5.74, 6) is 0. The van der Waals surface area contributed by atoms with Crippen molar-refractivity contribution in [2.45, 2.75) is 5.52 Å². The first-order valence-electron chi connectivity index (χ1n) is 1.53. The van der Waals surface area contributed by atoms with E-state index in [1.807, 2.05) is 0 Å². The zero-order chi connectivity index (χ0) is 6.73. The molecule has 1 nitrogen and oxygen atoms in total. The van der Waals surface area contributed by atoms with Crippen LogP contribution < -0.4 is 5.73 Å². The topological polar surface area (TPSA) is 26.0 Å². The van der Waals surface area contributed by atoms with E-state index in [2.05, 4.69) is 0 Å². The quantitative estimate of drug-likeness (QED) is 0.720. The van der Waals surface area contributed by atoms with Crippen LogP contribution in [0, 0.1) is 0 Å². The molecule has 0 spiro atoms. The van der Waals surface area contributed by atoms with Crippen molar-refractivity contribution in [1.82, 2.24) is 0 Å². The molecule has 0 radical (unpaired) electrons. The lowest BCUT2D eigenvalue weighted by Crippen LogP contribution is -2.07. The lowest BCUT2D eigenvalue weighted by molar-refractivity contribution is 1.30. The largest absolute Gasteiger partial charge is 0.317 e. The van der Waals surface area contributed by atoms with Crippen molar-refractivity contribution < 1.29 is 0 Å². The molecule has 0 aromatic carbocycles. The van der Waals surface area contributed by atoms with Crippen molar-refractivity contribution in [2.75, 3.05) is 0 Å². The molecule has 0 aliphatic rings. The van der Waals surface area contributed by atoms with Crippen molar-refractivity contribution in [3.63, 3.8) is 0 Å². The first-order valence-corrected chi connectivity index (χ1v) is 7.97. The van der Waals surface area contributed by atoms with E-state index in [0.29, 0.717) is 0 Å². The van der Waals surface area contributed by atoms with Crippen LogP contribution in [0.5, 0.6) is 0 Å². The van der Waals surface area contributed by atoms with Crippen LogP contribution in [0.3, 0.4) is 0 Å². The number of nitrogens with two attached hydrogens (primary N) is 1. The molecule has 0 amide bonds. The summed E-state index contributed by atoms with van der Waals surface area (Å²) in [5, 5.41) is 0. The van der Waals surface area contributed by atoms with E-state index < -0.39 is 18.8 Å². The maximum absolute atomic E-state index is 5.38. The predicted octanol–water partition coefficient (Wildman–Crippen LogP) is 3.81. The van der Waals surface area contributed by atoms with E-state index in [1.165, 1.54) is 0 Å². The van der Waals surface area contributed by atoms with Crippen LogP contribution in [0.4, 0.5) is 0 Å². The molecule has 0 saturated heterocycles. The number of hydrogen-bond acceptors (Lipinski definition) is 1. The molecule has 0 heterocycles. The van der Waals surface area contributed by atoms with Crippen molar-refractivity contribution in [3.05, 3.63) is 0 Å². The fourth-order valence-corrected chi connectivity index (χ4v) is 5.34. The van der Waals surface area contributed by atoms with Gasteiger partial charge in [0.25, 0.3) is 0 Å². The van der Waals surface area contributed by atoms with Gasteiger partial charge in [-0.15, -0.1) is 0 Å². The van der Waals surface area contributed by atoms with Crippen LogP contribution >= 0.6 is 58.2 Å². The maximum Gasteiger partial charge on any atom is 0.109 e. The SMILES string of the molecule is NC(P(Cl)Cl)P(Cl)Cl. The van der Waals surface area contributed by atoms with E-state index in [1.54, 1.807) is 0 Å². The second-order valence-electron chi connectivity index (χ2n) is 0.932. The van der Waals surface area contributed by atoms with Crippen LogP contribution in [0.25, 0.3) is 0 Å². The standard InChI is InChI=1S/CH3Cl4NP2/c2-7(3)1(6)8(4)5/h1H,6H2. The van der Waals surface area contributed by atoms with E-state index in [9.17, 15) is 0 Å². The summed E-state index contributed by atoms with van der Waals surface area (Å²) in [4.78, 5) is 0. The van der Waals surface area contributed by atoms with Gasteiger partial charge in [-0.25, -0.2) is 0 Å². The third kappa shape index (κ3) is 3.90. The molecular weight excluding hydrogens is 230 g/mol. The number of rotatable bonds is 2. The summed E-state index contributed by atoms with van der Waals surface area (Å²) in [6.45, 7) is -2.43. The highest BCUT2D eigenvalue weighted by Gasteiger charge is 2.19. The molecule has 0 aliphatic carbocycles. The van der Waals surface area contributed by atoms with E-state index in [4.69, 9.17) is 50.7 Å². The molecule has 50 valence electrons. The monoisotopic (exact) mass is 231 g/mol. The minimum Gasteiger partial charge on any atom is -0.317 e. The molecule has 0 aromatic rings. The number of halogens is 4. The van der Waals surface area contributed by atoms with Crippen molar-refractivity contribution >= 4 is 58.2 Å². The first-order chi connectivity index (χ1) is 3.55. The molecular formula is CH3Cl4NP2. The Morgan fingerprint density at radius 3 is 1.25 bits per heavy atom. The molecule has 0 rings (SSSR count). The normalized spacial score (nSPS) is 12.0. The van der Waals surface area contributed by atoms with Gasteiger partial charge in [0, 0.05) is 0 Å². The average molecular weight is 233 g/mol. The van der Waals surface area contributed by atoms with Gasteiger partial charge < -0.3 is 5.73 Å². The molecule has 7 heteroatoms. The Balaban J connectivity index is 3.46. The summed E-state index contributed by atoms with van der Waals surface area (Å²) in [6.07, 6.45) is 0. The number of hydrogen-bond donors (Lipinski definition) is 1. The zero-order valence-electron chi connectivity index (χ0n) is 3.56. The Morgan fingerprint density at radius 2 is 1.25 bits per heavy atom. The molecule has 2 N–H and O–H groups in total. The average Bonchev–Trinajstić information content (AvgIpc) is 1.64. The molecule has 0 saturated carbocycles. The Kier molecular flexibility index (Phi) is 5.92. The molecule has 0 unspecified atom stereocenters. The van der Waals surface area contributed by atoms with Gasteiger partial charge in [0.05, 0.1) is 0 Å². The lowest BCUT2D eigenvalue weighted by atomic mass is 11.5. The smallest absolute Gasteiger partial charge is 0.109 e. The van der Waals surface area contributed by atoms with E-state index in [-0.39, 0.29) is 0 Å². The van der Waals surface area contributed by atoms with Crippen molar-refractivity contribution in [2.24, 2.45) is 5.73 Å². The third-order valence-corrected chi connectivity index (χ3v) is 6.74. The van der Waals surface area contributed by atoms with Gasteiger partial charge in [0.1, 0.15) is 18.8 Å². The minimum absolute atomic E-state index is 0.438. The van der Waals surface area contributed by atoms with Crippen molar-refractivity contribution in [3.8, 4) is 0 Å². The summed E-state index contributed by atoms with van der Waals surface area (Å²) >= 11 is 21.5. The highest BCUT2D eigenvalue weighted by molar-refractivity contribution is 8.17. The molecule has 0 aliphatic heterocycles. The molecule has 0 aromatic heterocycles. The van der Waals surface area contributed by atoms with Gasteiger partial charge >= 0.3 is 0 Å². The molecule has 0 fully saturated rings. The van der Waals surface area contributed by atoms with Crippen LogP contribution in [0.15, 0.2) is 0 Å². The second kappa shape index (κ2) is 4.74. The van der Waals surface area contributed by atoms with Crippen LogP contribution in [0.2, 0.25) is 0 Å². The molecule has 8 heavy (non-hydrogen) atoms. The fourth-order valence-electron chi connectivity index (χ4n) is 0.0660. The highest BCUT2D eigenvalue weighted by atomic mass is 35.9. The van der Waals surface area contributed by atoms with Gasteiger partial charge in [-0.3, -0.25) is 0 Å². The highest BCUT2D eigenvalue weighted by Crippen LogP contribution is 2.66. The van der Waals surface area contributed by atoms with E-state index >= 15 is 0 Å². The summed E-state index contributed by atoms with van der Waals surface area (Å²) in [7, 11) is 0. The first kappa shape index (κ1) is 9.98. The Labute approximate surface area is 69.5 Å². The summed E-state index contributed by atoms with van der Waals surface area (Å²) in [5.41, 5.74) is 4.85. The summed E-state index contributed by atoms with van der Waals surface area (Å²) < 4.78 is 0. The van der Waals surface area contributed by atoms with Gasteiger partial charge in [0.2, 0.25) is 0 Å². The maximum atomic E-state index is 5.38. The van der Waals surface area contributed by atoms with Crippen LogP contribution in [-0.4, -0.2) is 5.52 Å². The Bertz CT molecular complexity index is 59.1. The van der Waals surface area contributed by atoms with Gasteiger partial charge in [-0.05, 0) is 0 Å². The molecule has 0 atom stereocenters. The Hall–Kier alpha value is 1.98. The van der Waals surface area contributed by atoms with Gasteiger partial charge in [-0.2, -0.15) is 0 Å². The lowest BCUT2D eigenvalue weighted by Gasteiger charge is -2.10. The third-order valence-electron chi connectivity index (χ3n) is 0.400.